The molecular formula is C19H19N3O3S. The maximum atomic E-state index is 12.1. The van der Waals surface area contributed by atoms with Gasteiger partial charge < -0.3 is 10.4 Å². The van der Waals surface area contributed by atoms with Crippen molar-refractivity contribution in [2.75, 3.05) is 13.2 Å². The van der Waals surface area contributed by atoms with Crippen molar-refractivity contribution >= 4 is 34.5 Å². The molecule has 1 aromatic carbocycles. The zero-order valence-electron chi connectivity index (χ0n) is 14.1. The van der Waals surface area contributed by atoms with Crippen LogP contribution < -0.4 is 5.32 Å². The van der Waals surface area contributed by atoms with Crippen LogP contribution in [0.1, 0.15) is 22.3 Å². The number of hydrogen-bond acceptors (Lipinski definition) is 5. The second kappa shape index (κ2) is 8.73. The summed E-state index contributed by atoms with van der Waals surface area (Å²) >= 11 is 1.40. The SMILES string of the molecule is O=C(NCCCO)c1ccc(CSC2=NC(=O)C3C=CC=CC3=N2)cc1. The van der Waals surface area contributed by atoms with Gasteiger partial charge in [0.2, 0.25) is 0 Å². The minimum atomic E-state index is -0.354. The zero-order valence-corrected chi connectivity index (χ0v) is 14.9. The summed E-state index contributed by atoms with van der Waals surface area (Å²) in [6, 6.07) is 7.26. The van der Waals surface area contributed by atoms with Crippen molar-refractivity contribution in [3.8, 4) is 0 Å². The topological polar surface area (TPSA) is 91.1 Å². The van der Waals surface area contributed by atoms with Crippen LogP contribution in [0.15, 0.2) is 58.6 Å². The van der Waals surface area contributed by atoms with Crippen molar-refractivity contribution in [1.82, 2.24) is 5.32 Å². The summed E-state index contributed by atoms with van der Waals surface area (Å²) in [7, 11) is 0. The average molecular weight is 369 g/mol. The Labute approximate surface area is 155 Å². The summed E-state index contributed by atoms with van der Waals surface area (Å²) in [5, 5.41) is 11.9. The van der Waals surface area contributed by atoms with Crippen molar-refractivity contribution in [2.45, 2.75) is 12.2 Å². The van der Waals surface area contributed by atoms with Crippen LogP contribution in [0.2, 0.25) is 0 Å². The number of carbonyl (C=O) groups excluding carboxylic acids is 2. The Balaban J connectivity index is 1.56. The highest BCUT2D eigenvalue weighted by Crippen LogP contribution is 2.22. The molecule has 1 aliphatic heterocycles. The van der Waals surface area contributed by atoms with Crippen LogP contribution in [0.3, 0.4) is 0 Å². The van der Waals surface area contributed by atoms with E-state index in [9.17, 15) is 9.59 Å². The van der Waals surface area contributed by atoms with Gasteiger partial charge in [-0.05, 0) is 30.2 Å². The molecule has 0 bridgehead atoms. The third-order valence-corrected chi connectivity index (χ3v) is 4.82. The molecule has 7 heteroatoms. The number of benzene rings is 1. The van der Waals surface area contributed by atoms with Crippen LogP contribution in [-0.2, 0) is 10.5 Å². The fourth-order valence-electron chi connectivity index (χ4n) is 2.49. The number of nitrogens with one attached hydrogen (secondary N) is 1. The minimum Gasteiger partial charge on any atom is -0.396 e. The Morgan fingerprint density at radius 3 is 2.77 bits per heavy atom. The monoisotopic (exact) mass is 369 g/mol. The van der Waals surface area contributed by atoms with Gasteiger partial charge >= 0.3 is 0 Å². The van der Waals surface area contributed by atoms with Crippen LogP contribution in [-0.4, -0.2) is 41.0 Å². The molecule has 0 saturated carbocycles. The summed E-state index contributed by atoms with van der Waals surface area (Å²) in [5.74, 6) is -0.0880. The van der Waals surface area contributed by atoms with Gasteiger partial charge in [-0.3, -0.25) is 9.59 Å². The Bertz CT molecular complexity index is 810. The van der Waals surface area contributed by atoms with E-state index < -0.39 is 0 Å². The van der Waals surface area contributed by atoms with Gasteiger partial charge in [0.15, 0.2) is 5.17 Å². The Morgan fingerprint density at radius 2 is 2.00 bits per heavy atom. The predicted molar refractivity (Wildman–Crippen MR) is 103 cm³/mol. The Hall–Kier alpha value is -2.51. The van der Waals surface area contributed by atoms with Crippen molar-refractivity contribution in [2.24, 2.45) is 15.9 Å². The summed E-state index contributed by atoms with van der Waals surface area (Å²) in [4.78, 5) is 32.5. The summed E-state index contributed by atoms with van der Waals surface area (Å²) in [6.07, 6.45) is 7.87. The number of aliphatic hydroxyl groups excluding tert-OH is 1. The number of thioether (sulfide) groups is 1. The van der Waals surface area contributed by atoms with E-state index >= 15 is 0 Å². The predicted octanol–water partition coefficient (Wildman–Crippen LogP) is 2.11. The second-order valence-electron chi connectivity index (χ2n) is 5.81. The quantitative estimate of drug-likeness (QED) is 0.752. The lowest BCUT2D eigenvalue weighted by Crippen LogP contribution is -2.26. The summed E-state index contributed by atoms with van der Waals surface area (Å²) in [6.45, 7) is 0.506. The van der Waals surface area contributed by atoms with Crippen LogP contribution in [0.25, 0.3) is 0 Å². The fourth-order valence-corrected chi connectivity index (χ4v) is 3.31. The number of hydrogen-bond donors (Lipinski definition) is 2. The van der Waals surface area contributed by atoms with E-state index in [2.05, 4.69) is 15.3 Å². The number of carbonyl (C=O) groups is 2. The molecule has 0 aromatic heterocycles. The van der Waals surface area contributed by atoms with Crippen LogP contribution in [0, 0.1) is 5.92 Å². The van der Waals surface area contributed by atoms with Gasteiger partial charge in [-0.1, -0.05) is 42.1 Å². The van der Waals surface area contributed by atoms with Crippen LogP contribution >= 0.6 is 11.8 Å². The van der Waals surface area contributed by atoms with E-state index in [1.54, 1.807) is 18.2 Å². The molecule has 6 nitrogen and oxygen atoms in total. The number of rotatable bonds is 6. The first-order valence-electron chi connectivity index (χ1n) is 8.34. The molecule has 1 heterocycles. The molecule has 1 aliphatic carbocycles. The van der Waals surface area contributed by atoms with E-state index in [1.165, 1.54) is 11.8 Å². The number of allylic oxidation sites excluding steroid dienone is 3. The molecule has 1 atom stereocenters. The van der Waals surface area contributed by atoms with Crippen molar-refractivity contribution in [3.05, 3.63) is 59.7 Å². The van der Waals surface area contributed by atoms with Gasteiger partial charge in [0.25, 0.3) is 11.8 Å². The lowest BCUT2D eigenvalue weighted by molar-refractivity contribution is -0.118. The number of aliphatic imine (C=N–C) groups is 2. The van der Waals surface area contributed by atoms with Crippen molar-refractivity contribution < 1.29 is 14.7 Å². The van der Waals surface area contributed by atoms with Crippen molar-refractivity contribution in [3.63, 3.8) is 0 Å². The molecule has 0 fully saturated rings. The second-order valence-corrected chi connectivity index (χ2v) is 6.75. The lowest BCUT2D eigenvalue weighted by atomic mass is 9.97. The Kier molecular flexibility index (Phi) is 6.14. The highest BCUT2D eigenvalue weighted by molar-refractivity contribution is 8.13. The van der Waals surface area contributed by atoms with E-state index in [-0.39, 0.29) is 24.3 Å². The van der Waals surface area contributed by atoms with Gasteiger partial charge in [0.05, 0.1) is 5.71 Å². The third-order valence-electron chi connectivity index (χ3n) is 3.90. The number of nitrogens with zero attached hydrogens (tertiary/aromatic N) is 2. The normalized spacial score (nSPS) is 18.2. The molecular weight excluding hydrogens is 350 g/mol. The standard InChI is InChI=1S/C19H19N3O3S/c23-11-3-10-20-17(24)14-8-6-13(7-9-14)12-26-19-21-16-5-2-1-4-15(16)18(25)22-19/h1-2,4-9,15,23H,3,10-12H2,(H,20,24). The maximum Gasteiger partial charge on any atom is 0.261 e. The smallest absolute Gasteiger partial charge is 0.261 e. The van der Waals surface area contributed by atoms with Crippen LogP contribution in [0.4, 0.5) is 0 Å². The van der Waals surface area contributed by atoms with Gasteiger partial charge in [-0.15, -0.1) is 0 Å². The van der Waals surface area contributed by atoms with E-state index in [0.717, 1.165) is 11.3 Å². The molecule has 26 heavy (non-hydrogen) atoms. The van der Waals surface area contributed by atoms with Gasteiger partial charge in [-0.25, -0.2) is 4.99 Å². The number of fused-ring (bicyclic) bond motifs is 1. The van der Waals surface area contributed by atoms with E-state index in [0.29, 0.717) is 29.4 Å². The van der Waals surface area contributed by atoms with Crippen LogP contribution in [0.5, 0.6) is 0 Å². The minimum absolute atomic E-state index is 0.0554. The first-order chi connectivity index (χ1) is 12.7. The molecule has 3 rings (SSSR count). The first-order valence-corrected chi connectivity index (χ1v) is 9.33. The van der Waals surface area contributed by atoms with Gasteiger partial charge in [0, 0.05) is 24.5 Å². The van der Waals surface area contributed by atoms with E-state index in [1.807, 2.05) is 30.4 Å². The highest BCUT2D eigenvalue weighted by atomic mass is 32.2. The molecule has 2 N–H and O–H groups in total. The third kappa shape index (κ3) is 4.56. The molecule has 2 aliphatic rings. The molecule has 0 radical (unpaired) electrons. The number of amides is 2. The summed E-state index contributed by atoms with van der Waals surface area (Å²) < 4.78 is 0. The number of amidine groups is 1. The zero-order chi connectivity index (χ0) is 18.4. The first kappa shape index (κ1) is 18.3. The molecule has 1 aromatic rings. The Morgan fingerprint density at radius 1 is 1.19 bits per heavy atom. The number of aliphatic hydroxyl groups is 1. The van der Waals surface area contributed by atoms with Crippen molar-refractivity contribution in [1.29, 1.82) is 0 Å². The molecule has 0 saturated heterocycles. The molecule has 1 unspecified atom stereocenters. The lowest BCUT2D eigenvalue weighted by Gasteiger charge is -2.17. The maximum absolute atomic E-state index is 12.1. The molecule has 134 valence electrons. The van der Waals surface area contributed by atoms with Gasteiger partial charge in [0.1, 0.15) is 5.92 Å². The summed E-state index contributed by atoms with van der Waals surface area (Å²) in [5.41, 5.74) is 2.31. The van der Waals surface area contributed by atoms with Gasteiger partial charge in [-0.2, -0.15) is 4.99 Å². The average Bonchev–Trinajstić information content (AvgIpc) is 2.67. The molecule has 0 spiro atoms. The fraction of sp³-hybridized carbons (Fsp3) is 0.263. The highest BCUT2D eigenvalue weighted by Gasteiger charge is 2.26. The van der Waals surface area contributed by atoms with E-state index in [4.69, 9.17) is 5.11 Å². The largest absolute Gasteiger partial charge is 0.396 e. The molecule has 2 amide bonds.